The van der Waals surface area contributed by atoms with E-state index in [1.807, 2.05) is 20.8 Å². The van der Waals surface area contributed by atoms with Crippen LogP contribution in [0.3, 0.4) is 0 Å². The Labute approximate surface area is 127 Å². The molecular formula is C16H27FN2O2. The fourth-order valence-corrected chi connectivity index (χ4v) is 2.96. The standard InChI is InChI=1S/C16H27FN2O2/c1-14(2,3)8-9-19-12(20)11(10-18)16(17,21-7)13(19)15(4,5)6/h11,13H,8-9H2,1-7H3. The number of likely N-dealkylation sites (tertiary alicyclic amines) is 1. The average molecular weight is 298 g/mol. The van der Waals surface area contributed by atoms with Crippen LogP contribution in [0.2, 0.25) is 0 Å². The number of hydrogen-bond acceptors (Lipinski definition) is 3. The molecule has 0 saturated carbocycles. The highest BCUT2D eigenvalue weighted by molar-refractivity contribution is 5.86. The van der Waals surface area contributed by atoms with Gasteiger partial charge in [-0.3, -0.25) is 4.79 Å². The maximum Gasteiger partial charge on any atom is 0.255 e. The number of carbonyl (C=O) groups excluding carboxylic acids is 1. The van der Waals surface area contributed by atoms with Crippen molar-refractivity contribution in [2.75, 3.05) is 13.7 Å². The molecule has 0 N–H and O–H groups in total. The lowest BCUT2D eigenvalue weighted by Crippen LogP contribution is -2.53. The number of alkyl halides is 1. The molecule has 120 valence electrons. The Kier molecular flexibility index (Phi) is 4.74. The summed E-state index contributed by atoms with van der Waals surface area (Å²) >= 11 is 0. The van der Waals surface area contributed by atoms with Gasteiger partial charge in [0.2, 0.25) is 5.91 Å². The van der Waals surface area contributed by atoms with Crippen LogP contribution >= 0.6 is 0 Å². The molecule has 0 bridgehead atoms. The summed E-state index contributed by atoms with van der Waals surface area (Å²) in [6, 6.07) is 1.02. The number of amides is 1. The lowest BCUT2D eigenvalue weighted by Gasteiger charge is -2.40. The number of rotatable bonds is 3. The molecule has 0 aromatic carbocycles. The third-order valence-electron chi connectivity index (χ3n) is 3.97. The van der Waals surface area contributed by atoms with Gasteiger partial charge in [-0.05, 0) is 17.3 Å². The molecule has 1 amide bonds. The smallest absolute Gasteiger partial charge is 0.255 e. The minimum atomic E-state index is -2.26. The molecule has 1 rings (SSSR count). The molecule has 21 heavy (non-hydrogen) atoms. The fraction of sp³-hybridized carbons (Fsp3) is 0.875. The largest absolute Gasteiger partial charge is 0.346 e. The molecule has 1 aliphatic heterocycles. The Morgan fingerprint density at radius 3 is 2.19 bits per heavy atom. The lowest BCUT2D eigenvalue weighted by atomic mass is 9.80. The zero-order valence-electron chi connectivity index (χ0n) is 14.2. The molecule has 3 unspecified atom stereocenters. The first-order valence-electron chi connectivity index (χ1n) is 7.32. The van der Waals surface area contributed by atoms with Crippen LogP contribution in [0, 0.1) is 28.1 Å². The van der Waals surface area contributed by atoms with Crippen LogP contribution in [-0.2, 0) is 9.53 Å². The first-order valence-corrected chi connectivity index (χ1v) is 7.32. The van der Waals surface area contributed by atoms with Gasteiger partial charge in [-0.1, -0.05) is 41.5 Å². The zero-order valence-corrected chi connectivity index (χ0v) is 14.2. The van der Waals surface area contributed by atoms with Crippen LogP contribution in [0.1, 0.15) is 48.0 Å². The molecule has 0 spiro atoms. The predicted octanol–water partition coefficient (Wildman–Crippen LogP) is 3.13. The molecule has 5 heteroatoms. The summed E-state index contributed by atoms with van der Waals surface area (Å²) in [6.45, 7) is 12.2. The normalized spacial score (nSPS) is 30.6. The zero-order chi connectivity index (χ0) is 16.6. The molecule has 3 atom stereocenters. The summed E-state index contributed by atoms with van der Waals surface area (Å²) in [5.74, 6) is -4.13. The van der Waals surface area contributed by atoms with Crippen LogP contribution in [0.25, 0.3) is 0 Å². The van der Waals surface area contributed by atoms with E-state index in [0.717, 1.165) is 6.42 Å². The highest BCUT2D eigenvalue weighted by atomic mass is 19.2. The number of nitriles is 1. The molecule has 0 radical (unpaired) electrons. The van der Waals surface area contributed by atoms with E-state index in [2.05, 4.69) is 20.8 Å². The highest BCUT2D eigenvalue weighted by Crippen LogP contribution is 2.46. The van der Waals surface area contributed by atoms with Crippen molar-refractivity contribution in [2.24, 2.45) is 16.7 Å². The summed E-state index contributed by atoms with van der Waals surface area (Å²) in [6.07, 6.45) is 0.739. The number of halogens is 1. The van der Waals surface area contributed by atoms with Crippen LogP contribution in [0.5, 0.6) is 0 Å². The second-order valence-corrected chi connectivity index (χ2v) is 8.07. The lowest BCUT2D eigenvalue weighted by molar-refractivity contribution is -0.176. The van der Waals surface area contributed by atoms with E-state index in [1.54, 1.807) is 6.07 Å². The first kappa shape index (κ1) is 17.9. The number of ether oxygens (including phenoxy) is 1. The van der Waals surface area contributed by atoms with E-state index in [9.17, 15) is 10.1 Å². The van der Waals surface area contributed by atoms with Gasteiger partial charge in [0.25, 0.3) is 5.85 Å². The Balaban J connectivity index is 3.21. The third kappa shape index (κ3) is 3.37. The molecule has 0 aliphatic carbocycles. The summed E-state index contributed by atoms with van der Waals surface area (Å²) in [7, 11) is 1.23. The van der Waals surface area contributed by atoms with Crippen LogP contribution < -0.4 is 0 Å². The Morgan fingerprint density at radius 2 is 1.86 bits per heavy atom. The van der Waals surface area contributed by atoms with Crippen LogP contribution in [-0.4, -0.2) is 36.4 Å². The second-order valence-electron chi connectivity index (χ2n) is 8.07. The summed E-state index contributed by atoms with van der Waals surface area (Å²) in [5.41, 5.74) is -0.497. The van der Waals surface area contributed by atoms with Gasteiger partial charge in [0.1, 0.15) is 0 Å². The monoisotopic (exact) mass is 298 g/mol. The van der Waals surface area contributed by atoms with Crippen molar-refractivity contribution >= 4 is 5.91 Å². The van der Waals surface area contributed by atoms with Crippen LogP contribution in [0.4, 0.5) is 4.39 Å². The Bertz CT molecular complexity index is 445. The van der Waals surface area contributed by atoms with Gasteiger partial charge in [-0.25, -0.2) is 4.39 Å². The van der Waals surface area contributed by atoms with Gasteiger partial charge in [0, 0.05) is 13.7 Å². The number of hydrogen-bond donors (Lipinski definition) is 0. The van der Waals surface area contributed by atoms with Gasteiger partial charge < -0.3 is 9.64 Å². The second kappa shape index (κ2) is 5.57. The Morgan fingerprint density at radius 1 is 1.33 bits per heavy atom. The number of nitrogens with zero attached hydrogens (tertiary/aromatic N) is 2. The van der Waals surface area contributed by atoms with Gasteiger partial charge >= 0.3 is 0 Å². The highest BCUT2D eigenvalue weighted by Gasteiger charge is 2.64. The topological polar surface area (TPSA) is 53.3 Å². The van der Waals surface area contributed by atoms with Crippen molar-refractivity contribution in [3.63, 3.8) is 0 Å². The number of carbonyl (C=O) groups is 1. The minimum absolute atomic E-state index is 0.0273. The maximum atomic E-state index is 15.3. The summed E-state index contributed by atoms with van der Waals surface area (Å²) in [5, 5.41) is 9.22. The quantitative estimate of drug-likeness (QED) is 0.804. The predicted molar refractivity (Wildman–Crippen MR) is 79.0 cm³/mol. The van der Waals surface area contributed by atoms with Crippen molar-refractivity contribution in [3.05, 3.63) is 0 Å². The molecule has 1 aliphatic rings. The maximum absolute atomic E-state index is 15.3. The van der Waals surface area contributed by atoms with Gasteiger partial charge in [0.15, 0.2) is 5.92 Å². The molecule has 0 aromatic rings. The van der Waals surface area contributed by atoms with Gasteiger partial charge in [-0.15, -0.1) is 0 Å². The van der Waals surface area contributed by atoms with Crippen LogP contribution in [0.15, 0.2) is 0 Å². The Hall–Kier alpha value is -1.15. The number of methoxy groups -OCH3 is 1. The van der Waals surface area contributed by atoms with E-state index < -0.39 is 29.1 Å². The van der Waals surface area contributed by atoms with Crippen molar-refractivity contribution in [1.29, 1.82) is 5.26 Å². The average Bonchev–Trinajstić information content (AvgIpc) is 2.53. The minimum Gasteiger partial charge on any atom is -0.346 e. The van der Waals surface area contributed by atoms with E-state index >= 15 is 4.39 Å². The van der Waals surface area contributed by atoms with E-state index in [1.165, 1.54) is 12.0 Å². The molecule has 1 saturated heterocycles. The third-order valence-corrected chi connectivity index (χ3v) is 3.97. The van der Waals surface area contributed by atoms with E-state index in [0.29, 0.717) is 6.54 Å². The van der Waals surface area contributed by atoms with E-state index in [-0.39, 0.29) is 5.41 Å². The molecule has 0 aromatic heterocycles. The van der Waals surface area contributed by atoms with Crippen molar-refractivity contribution < 1.29 is 13.9 Å². The van der Waals surface area contributed by atoms with Gasteiger partial charge in [0.05, 0.1) is 12.1 Å². The summed E-state index contributed by atoms with van der Waals surface area (Å²) in [4.78, 5) is 14.0. The first-order chi connectivity index (χ1) is 9.38. The SMILES string of the molecule is COC1(F)C(C#N)C(=O)N(CCC(C)(C)C)C1C(C)(C)C. The van der Waals surface area contributed by atoms with Crippen molar-refractivity contribution in [3.8, 4) is 6.07 Å². The molecule has 4 nitrogen and oxygen atoms in total. The van der Waals surface area contributed by atoms with Crippen molar-refractivity contribution in [2.45, 2.75) is 59.9 Å². The molecular weight excluding hydrogens is 271 g/mol. The van der Waals surface area contributed by atoms with E-state index in [4.69, 9.17) is 4.74 Å². The van der Waals surface area contributed by atoms with Gasteiger partial charge in [-0.2, -0.15) is 5.26 Å². The molecule has 1 fully saturated rings. The summed E-state index contributed by atoms with van der Waals surface area (Å²) < 4.78 is 20.3. The molecule has 1 heterocycles. The fourth-order valence-electron chi connectivity index (χ4n) is 2.96. The van der Waals surface area contributed by atoms with Crippen molar-refractivity contribution in [1.82, 2.24) is 4.90 Å².